The van der Waals surface area contributed by atoms with Gasteiger partial charge in [-0.2, -0.15) is 10.5 Å². The van der Waals surface area contributed by atoms with Crippen LogP contribution in [0.15, 0.2) is 48.0 Å². The van der Waals surface area contributed by atoms with E-state index in [-0.39, 0.29) is 18.0 Å². The predicted octanol–water partition coefficient (Wildman–Crippen LogP) is 5.77. The van der Waals surface area contributed by atoms with Crippen LogP contribution in [0.1, 0.15) is 40.0 Å². The van der Waals surface area contributed by atoms with Crippen molar-refractivity contribution in [1.29, 1.82) is 10.5 Å². The molecule has 0 aliphatic heterocycles. The number of thiophene rings is 1. The van der Waals surface area contributed by atoms with Gasteiger partial charge in [0.1, 0.15) is 35.1 Å². The van der Waals surface area contributed by atoms with E-state index in [4.69, 9.17) is 9.47 Å². The number of hydrogen-bond donors (Lipinski definition) is 1. The first kappa shape index (κ1) is 24.0. The number of fused-ring (bicyclic) bond motifs is 1. The minimum absolute atomic E-state index is 0.0951. The van der Waals surface area contributed by atoms with Crippen LogP contribution in [0.2, 0.25) is 0 Å². The van der Waals surface area contributed by atoms with Crippen LogP contribution in [0.5, 0.6) is 11.5 Å². The van der Waals surface area contributed by atoms with E-state index in [2.05, 4.69) is 11.4 Å². The maximum Gasteiger partial charge on any atom is 0.266 e. The second-order valence-electron chi connectivity index (χ2n) is 7.98. The van der Waals surface area contributed by atoms with Gasteiger partial charge in [-0.05, 0) is 72.7 Å². The Kier molecular flexibility index (Phi) is 7.45. The molecule has 4 rings (SSSR count). The number of anilines is 1. The Bertz CT molecular complexity index is 1360. The molecular weight excluding hydrogens is 465 g/mol. The summed E-state index contributed by atoms with van der Waals surface area (Å²) in [4.78, 5) is 14.0. The summed E-state index contributed by atoms with van der Waals surface area (Å²) < 4.78 is 24.3. The first-order chi connectivity index (χ1) is 17.0. The number of carbonyl (C=O) groups is 1. The molecule has 1 aliphatic carbocycles. The Morgan fingerprint density at radius 2 is 1.91 bits per heavy atom. The number of halogens is 1. The summed E-state index contributed by atoms with van der Waals surface area (Å²) in [6.45, 7) is 0.226. The van der Waals surface area contributed by atoms with Crippen LogP contribution < -0.4 is 14.8 Å². The van der Waals surface area contributed by atoms with Crippen molar-refractivity contribution in [2.75, 3.05) is 12.4 Å². The minimum Gasteiger partial charge on any atom is -0.493 e. The lowest BCUT2D eigenvalue weighted by molar-refractivity contribution is -0.112. The molecule has 0 saturated heterocycles. The van der Waals surface area contributed by atoms with E-state index >= 15 is 0 Å². The first-order valence-corrected chi connectivity index (χ1v) is 11.9. The second kappa shape index (κ2) is 10.9. The number of rotatable bonds is 7. The quantitative estimate of drug-likeness (QED) is 0.337. The van der Waals surface area contributed by atoms with Crippen LogP contribution >= 0.6 is 11.3 Å². The number of hydrogen-bond acceptors (Lipinski definition) is 6. The van der Waals surface area contributed by atoms with Crippen LogP contribution in [-0.4, -0.2) is 13.0 Å². The van der Waals surface area contributed by atoms with Gasteiger partial charge in [0.2, 0.25) is 0 Å². The monoisotopic (exact) mass is 487 g/mol. The first-order valence-electron chi connectivity index (χ1n) is 11.1. The second-order valence-corrected chi connectivity index (χ2v) is 9.08. The molecule has 1 N–H and O–H groups in total. The third-order valence-corrected chi connectivity index (χ3v) is 6.89. The highest BCUT2D eigenvalue weighted by Gasteiger charge is 2.22. The number of methoxy groups -OCH3 is 1. The number of benzene rings is 2. The van der Waals surface area contributed by atoms with Gasteiger partial charge < -0.3 is 14.8 Å². The summed E-state index contributed by atoms with van der Waals surface area (Å²) in [5.41, 5.74) is 2.80. The molecule has 8 heteroatoms. The maximum absolute atomic E-state index is 13.1. The highest BCUT2D eigenvalue weighted by atomic mass is 32.1. The average molecular weight is 488 g/mol. The Hall–Kier alpha value is -4.14. The fraction of sp³-hybridized carbons (Fsp3) is 0.222. The highest BCUT2D eigenvalue weighted by molar-refractivity contribution is 7.16. The summed E-state index contributed by atoms with van der Waals surface area (Å²) in [5, 5.41) is 22.5. The maximum atomic E-state index is 13.1. The molecule has 0 atom stereocenters. The standard InChI is InChI=1S/C27H22FN3O3S/c1-33-24-13-18(8-11-23(24)34-16-17-6-9-20(28)10-7-17)12-19(14-29)26(32)31-27-22(15-30)21-4-2-3-5-25(21)35-27/h6-13H,2-5,16H2,1H3,(H,31,32). The van der Waals surface area contributed by atoms with Crippen molar-refractivity contribution in [3.05, 3.63) is 81.0 Å². The molecule has 3 aromatic rings. The molecule has 6 nitrogen and oxygen atoms in total. The summed E-state index contributed by atoms with van der Waals surface area (Å²) >= 11 is 1.41. The van der Waals surface area contributed by atoms with Gasteiger partial charge >= 0.3 is 0 Å². The van der Waals surface area contributed by atoms with Gasteiger partial charge in [-0.1, -0.05) is 18.2 Å². The zero-order chi connectivity index (χ0) is 24.8. The molecule has 0 radical (unpaired) electrons. The minimum atomic E-state index is -0.571. The van der Waals surface area contributed by atoms with Crippen LogP contribution in [0.4, 0.5) is 9.39 Å². The molecule has 0 saturated carbocycles. The molecule has 1 amide bonds. The van der Waals surface area contributed by atoms with Crippen LogP contribution in [0.3, 0.4) is 0 Å². The fourth-order valence-electron chi connectivity index (χ4n) is 3.89. The topological polar surface area (TPSA) is 95.1 Å². The lowest BCUT2D eigenvalue weighted by Gasteiger charge is -2.11. The summed E-state index contributed by atoms with van der Waals surface area (Å²) in [6.07, 6.45) is 5.30. The van der Waals surface area contributed by atoms with Crippen molar-refractivity contribution in [2.45, 2.75) is 32.3 Å². The Balaban J connectivity index is 1.51. The van der Waals surface area contributed by atoms with Crippen molar-refractivity contribution in [3.8, 4) is 23.6 Å². The van der Waals surface area contributed by atoms with E-state index in [9.17, 15) is 19.7 Å². The number of nitrogens with zero attached hydrogens (tertiary/aromatic N) is 2. The lowest BCUT2D eigenvalue weighted by atomic mass is 9.96. The van der Waals surface area contributed by atoms with Crippen molar-refractivity contribution in [2.24, 2.45) is 0 Å². The van der Waals surface area contributed by atoms with Gasteiger partial charge in [-0.15, -0.1) is 11.3 Å². The van der Waals surface area contributed by atoms with Crippen LogP contribution in [-0.2, 0) is 24.2 Å². The van der Waals surface area contributed by atoms with E-state index in [0.29, 0.717) is 27.6 Å². The van der Waals surface area contributed by atoms with Crippen molar-refractivity contribution < 1.29 is 18.7 Å². The normalized spacial score (nSPS) is 12.7. The molecule has 1 aliphatic rings. The SMILES string of the molecule is COc1cc(C=C(C#N)C(=O)Nc2sc3c(c2C#N)CCCC3)ccc1OCc1ccc(F)cc1. The smallest absolute Gasteiger partial charge is 0.266 e. The molecule has 1 heterocycles. The van der Waals surface area contributed by atoms with E-state index in [1.165, 1.54) is 36.7 Å². The number of aryl methyl sites for hydroxylation is 1. The molecule has 35 heavy (non-hydrogen) atoms. The third kappa shape index (κ3) is 5.51. The van der Waals surface area contributed by atoms with Gasteiger partial charge in [-0.25, -0.2) is 4.39 Å². The van der Waals surface area contributed by atoms with Gasteiger partial charge in [-0.3, -0.25) is 4.79 Å². The Labute approximate surface area is 206 Å². The molecule has 0 bridgehead atoms. The summed E-state index contributed by atoms with van der Waals surface area (Å²) in [6, 6.07) is 15.2. The molecule has 0 spiro atoms. The molecule has 2 aromatic carbocycles. The van der Waals surface area contributed by atoms with Gasteiger partial charge in [0.05, 0.1) is 12.7 Å². The number of ether oxygens (including phenoxy) is 2. The van der Waals surface area contributed by atoms with Crippen LogP contribution in [0.25, 0.3) is 6.08 Å². The lowest BCUT2D eigenvalue weighted by Crippen LogP contribution is -2.13. The zero-order valence-corrected chi connectivity index (χ0v) is 19.9. The largest absolute Gasteiger partial charge is 0.493 e. The molecular formula is C27H22FN3O3S. The number of nitriles is 2. The molecule has 0 unspecified atom stereocenters. The highest BCUT2D eigenvalue weighted by Crippen LogP contribution is 2.38. The van der Waals surface area contributed by atoms with Gasteiger partial charge in [0.25, 0.3) is 5.91 Å². The average Bonchev–Trinajstić information content (AvgIpc) is 3.23. The number of nitrogens with one attached hydrogen (secondary N) is 1. The van der Waals surface area contributed by atoms with E-state index in [1.54, 1.807) is 30.3 Å². The fourth-order valence-corrected chi connectivity index (χ4v) is 5.13. The van der Waals surface area contributed by atoms with Crippen molar-refractivity contribution in [1.82, 2.24) is 0 Å². The molecule has 0 fully saturated rings. The van der Waals surface area contributed by atoms with E-state index < -0.39 is 5.91 Å². The Morgan fingerprint density at radius 1 is 1.14 bits per heavy atom. The van der Waals surface area contributed by atoms with Crippen LogP contribution in [0, 0.1) is 28.5 Å². The summed E-state index contributed by atoms with van der Waals surface area (Å²) in [5.74, 6) is 0.0107. The third-order valence-electron chi connectivity index (χ3n) is 5.68. The molecule has 1 aromatic heterocycles. The number of carbonyl (C=O) groups excluding carboxylic acids is 1. The van der Waals surface area contributed by atoms with Crippen molar-refractivity contribution in [3.63, 3.8) is 0 Å². The zero-order valence-electron chi connectivity index (χ0n) is 19.1. The predicted molar refractivity (Wildman–Crippen MR) is 132 cm³/mol. The van der Waals surface area contributed by atoms with Gasteiger partial charge in [0.15, 0.2) is 11.5 Å². The van der Waals surface area contributed by atoms with Gasteiger partial charge in [0, 0.05) is 4.88 Å². The van der Waals surface area contributed by atoms with Crippen molar-refractivity contribution >= 4 is 28.3 Å². The van der Waals surface area contributed by atoms with E-state index in [0.717, 1.165) is 41.7 Å². The Morgan fingerprint density at radius 3 is 2.63 bits per heavy atom. The van der Waals surface area contributed by atoms with E-state index in [1.807, 2.05) is 6.07 Å². The summed E-state index contributed by atoms with van der Waals surface area (Å²) in [7, 11) is 1.49. The number of amides is 1. The molecule has 176 valence electrons.